The van der Waals surface area contributed by atoms with Crippen LogP contribution in [0, 0.1) is 12.3 Å². The Labute approximate surface area is 78.9 Å². The molecule has 0 spiro atoms. The van der Waals surface area contributed by atoms with E-state index in [9.17, 15) is 8.42 Å². The van der Waals surface area contributed by atoms with E-state index < -0.39 is 10.0 Å². The van der Waals surface area contributed by atoms with Crippen molar-refractivity contribution in [1.29, 1.82) is 0 Å². The van der Waals surface area contributed by atoms with Gasteiger partial charge in [0.25, 0.3) is 0 Å². The van der Waals surface area contributed by atoms with Gasteiger partial charge in [-0.05, 0) is 6.92 Å². The van der Waals surface area contributed by atoms with Crippen LogP contribution in [0.25, 0.3) is 0 Å². The number of hydrogen-bond acceptors (Lipinski definition) is 3. The van der Waals surface area contributed by atoms with Gasteiger partial charge >= 0.3 is 0 Å². The second-order valence-corrected chi connectivity index (χ2v) is 4.92. The molecule has 1 fully saturated rings. The van der Waals surface area contributed by atoms with Crippen molar-refractivity contribution in [3.63, 3.8) is 0 Å². The number of rotatable bonds is 2. The summed E-state index contributed by atoms with van der Waals surface area (Å²) in [6.45, 7) is 3.12. The fourth-order valence-electron chi connectivity index (χ4n) is 1.31. The molecule has 13 heavy (non-hydrogen) atoms. The van der Waals surface area contributed by atoms with Crippen molar-refractivity contribution in [2.75, 3.05) is 25.5 Å². The minimum absolute atomic E-state index is 0.105. The van der Waals surface area contributed by atoms with Crippen LogP contribution in [0.5, 0.6) is 0 Å². The highest BCUT2D eigenvalue weighted by Gasteiger charge is 2.28. The van der Waals surface area contributed by atoms with Crippen LogP contribution >= 0.6 is 0 Å². The van der Waals surface area contributed by atoms with Crippen LogP contribution in [0.15, 0.2) is 0 Å². The highest BCUT2D eigenvalue weighted by atomic mass is 32.2. The number of morpholine rings is 1. The van der Waals surface area contributed by atoms with Crippen molar-refractivity contribution in [2.45, 2.75) is 13.0 Å². The number of sulfonamides is 1. The van der Waals surface area contributed by atoms with E-state index in [1.54, 1.807) is 0 Å². The quantitative estimate of drug-likeness (QED) is 0.577. The van der Waals surface area contributed by atoms with Crippen molar-refractivity contribution < 1.29 is 13.2 Å². The third-order valence-corrected chi connectivity index (χ3v) is 3.72. The minimum Gasteiger partial charge on any atom is -0.378 e. The van der Waals surface area contributed by atoms with Gasteiger partial charge in [-0.25, -0.2) is 8.42 Å². The third kappa shape index (κ3) is 2.44. The van der Waals surface area contributed by atoms with Gasteiger partial charge in [0.15, 0.2) is 0 Å². The molecule has 1 saturated heterocycles. The van der Waals surface area contributed by atoms with Gasteiger partial charge in [0.05, 0.1) is 13.2 Å². The molecule has 0 amide bonds. The van der Waals surface area contributed by atoms with Crippen molar-refractivity contribution in [1.82, 2.24) is 4.31 Å². The summed E-state index contributed by atoms with van der Waals surface area (Å²) in [7, 11) is -3.27. The first kappa shape index (κ1) is 10.5. The molecule has 0 N–H and O–H groups in total. The molecule has 4 nitrogen and oxygen atoms in total. The lowest BCUT2D eigenvalue weighted by molar-refractivity contribution is 0.0394. The molecule has 0 aromatic rings. The maximum atomic E-state index is 11.5. The van der Waals surface area contributed by atoms with Gasteiger partial charge in [-0.3, -0.25) is 0 Å². The Morgan fingerprint density at radius 2 is 2.38 bits per heavy atom. The van der Waals surface area contributed by atoms with Crippen LogP contribution in [0.4, 0.5) is 0 Å². The molecular formula is C8H13NO3S. The van der Waals surface area contributed by atoms with Crippen LogP contribution < -0.4 is 0 Å². The molecule has 0 aromatic heterocycles. The maximum Gasteiger partial charge on any atom is 0.225 e. The van der Waals surface area contributed by atoms with E-state index in [1.165, 1.54) is 4.31 Å². The zero-order chi connectivity index (χ0) is 9.90. The molecular weight excluding hydrogens is 190 g/mol. The second-order valence-electron chi connectivity index (χ2n) is 3.00. The molecule has 1 rings (SSSR count). The predicted molar refractivity (Wildman–Crippen MR) is 49.6 cm³/mol. The van der Waals surface area contributed by atoms with Gasteiger partial charge in [0.2, 0.25) is 10.0 Å². The normalized spacial score (nSPS) is 25.4. The van der Waals surface area contributed by atoms with E-state index in [2.05, 4.69) is 5.92 Å². The Balaban J connectivity index is 2.75. The molecule has 5 heteroatoms. The summed E-state index contributed by atoms with van der Waals surface area (Å²) in [4.78, 5) is 0. The molecule has 1 heterocycles. The molecule has 1 aliphatic rings. The van der Waals surface area contributed by atoms with Crippen molar-refractivity contribution in [3.05, 3.63) is 0 Å². The third-order valence-electron chi connectivity index (χ3n) is 1.93. The van der Waals surface area contributed by atoms with Crippen LogP contribution in [0.2, 0.25) is 0 Å². The number of terminal acetylenes is 1. The average molecular weight is 203 g/mol. The summed E-state index contributed by atoms with van der Waals surface area (Å²) in [5.74, 6) is 1.93. The lowest BCUT2D eigenvalue weighted by Gasteiger charge is -2.31. The highest BCUT2D eigenvalue weighted by molar-refractivity contribution is 7.89. The van der Waals surface area contributed by atoms with Gasteiger partial charge in [-0.15, -0.1) is 6.42 Å². The Morgan fingerprint density at radius 1 is 1.69 bits per heavy atom. The zero-order valence-corrected chi connectivity index (χ0v) is 8.38. The van der Waals surface area contributed by atoms with Gasteiger partial charge in [-0.1, -0.05) is 5.92 Å². The molecule has 0 bridgehead atoms. The van der Waals surface area contributed by atoms with E-state index in [1.807, 2.05) is 6.92 Å². The highest BCUT2D eigenvalue weighted by Crippen LogP contribution is 2.11. The van der Waals surface area contributed by atoms with Gasteiger partial charge in [0, 0.05) is 12.6 Å². The van der Waals surface area contributed by atoms with Gasteiger partial charge < -0.3 is 4.74 Å². The van der Waals surface area contributed by atoms with Crippen LogP contribution in [0.3, 0.4) is 0 Å². The SMILES string of the molecule is C#CCS(=O)(=O)N1CCOCC1C. The Hall–Kier alpha value is -0.570. The molecule has 0 saturated carbocycles. The Bertz CT molecular complexity index is 304. The molecule has 1 aliphatic heterocycles. The summed E-state index contributed by atoms with van der Waals surface area (Å²) in [5, 5.41) is 0. The fraction of sp³-hybridized carbons (Fsp3) is 0.750. The first-order valence-corrected chi connectivity index (χ1v) is 5.69. The first-order chi connectivity index (χ1) is 6.08. The Kier molecular flexibility index (Phi) is 3.31. The number of ether oxygens (including phenoxy) is 1. The monoisotopic (exact) mass is 203 g/mol. The molecule has 0 aliphatic carbocycles. The summed E-state index contributed by atoms with van der Waals surface area (Å²) in [6.07, 6.45) is 4.98. The first-order valence-electron chi connectivity index (χ1n) is 4.08. The van der Waals surface area contributed by atoms with Crippen molar-refractivity contribution >= 4 is 10.0 Å². The van der Waals surface area contributed by atoms with Crippen LogP contribution in [-0.2, 0) is 14.8 Å². The second kappa shape index (κ2) is 4.09. The fourth-order valence-corrected chi connectivity index (χ4v) is 2.65. The van der Waals surface area contributed by atoms with Crippen molar-refractivity contribution in [2.24, 2.45) is 0 Å². The Morgan fingerprint density at radius 3 is 2.92 bits per heavy atom. The van der Waals surface area contributed by atoms with E-state index in [0.29, 0.717) is 19.8 Å². The average Bonchev–Trinajstić information content (AvgIpc) is 2.04. The smallest absolute Gasteiger partial charge is 0.225 e. The lowest BCUT2D eigenvalue weighted by atomic mass is 10.3. The van der Waals surface area contributed by atoms with E-state index in [0.717, 1.165) is 0 Å². The lowest BCUT2D eigenvalue weighted by Crippen LogP contribution is -2.47. The topological polar surface area (TPSA) is 46.6 Å². The summed E-state index contributed by atoms with van der Waals surface area (Å²) in [6, 6.07) is -0.105. The number of nitrogens with zero attached hydrogens (tertiary/aromatic N) is 1. The van der Waals surface area contributed by atoms with Gasteiger partial charge in [0.1, 0.15) is 5.75 Å². The maximum absolute atomic E-state index is 11.5. The van der Waals surface area contributed by atoms with E-state index in [-0.39, 0.29) is 11.8 Å². The van der Waals surface area contributed by atoms with E-state index in [4.69, 9.17) is 11.2 Å². The van der Waals surface area contributed by atoms with Crippen molar-refractivity contribution in [3.8, 4) is 12.3 Å². The zero-order valence-electron chi connectivity index (χ0n) is 7.56. The summed E-state index contributed by atoms with van der Waals surface area (Å²) >= 11 is 0. The van der Waals surface area contributed by atoms with E-state index >= 15 is 0 Å². The molecule has 1 atom stereocenters. The predicted octanol–water partition coefficient (Wildman–Crippen LogP) is -0.330. The molecule has 74 valence electrons. The van der Waals surface area contributed by atoms with Crippen LogP contribution in [0.1, 0.15) is 6.92 Å². The molecule has 0 aromatic carbocycles. The van der Waals surface area contributed by atoms with Crippen LogP contribution in [-0.4, -0.2) is 44.3 Å². The standard InChI is InChI=1S/C8H13NO3S/c1-3-6-13(10,11)9-4-5-12-7-8(9)2/h1,8H,4-7H2,2H3. The number of hydrogen-bond donors (Lipinski definition) is 0. The summed E-state index contributed by atoms with van der Waals surface area (Å²) in [5.41, 5.74) is 0. The molecule has 0 radical (unpaired) electrons. The minimum atomic E-state index is -3.27. The summed E-state index contributed by atoms with van der Waals surface area (Å²) < 4.78 is 29.6. The van der Waals surface area contributed by atoms with Gasteiger partial charge in [-0.2, -0.15) is 4.31 Å². The largest absolute Gasteiger partial charge is 0.378 e. The molecule has 1 unspecified atom stereocenters.